The van der Waals surface area contributed by atoms with Crippen molar-refractivity contribution < 1.29 is 4.79 Å². The molecule has 0 N–H and O–H groups in total. The molecular formula is C22H21ClN2O. The van der Waals surface area contributed by atoms with Gasteiger partial charge in [-0.15, -0.1) is 0 Å². The van der Waals surface area contributed by atoms with Gasteiger partial charge in [0.2, 0.25) is 0 Å². The maximum absolute atomic E-state index is 13.2. The van der Waals surface area contributed by atoms with Gasteiger partial charge in [-0.2, -0.15) is 0 Å². The van der Waals surface area contributed by atoms with Gasteiger partial charge in [0.15, 0.2) is 0 Å². The van der Waals surface area contributed by atoms with Gasteiger partial charge in [-0.05, 0) is 56.0 Å². The van der Waals surface area contributed by atoms with Crippen LogP contribution in [0.2, 0.25) is 5.02 Å². The number of carbonyl (C=O) groups excluding carboxylic acids is 1. The monoisotopic (exact) mass is 364 g/mol. The van der Waals surface area contributed by atoms with Gasteiger partial charge in [-0.3, -0.25) is 4.79 Å². The predicted octanol–water partition coefficient (Wildman–Crippen LogP) is 5.14. The lowest BCUT2D eigenvalue weighted by atomic mass is 9.89. The van der Waals surface area contributed by atoms with E-state index >= 15 is 0 Å². The summed E-state index contributed by atoms with van der Waals surface area (Å²) in [6.07, 6.45) is 3.25. The lowest BCUT2D eigenvalue weighted by Gasteiger charge is -2.40. The zero-order chi connectivity index (χ0) is 17.8. The highest BCUT2D eigenvalue weighted by atomic mass is 35.5. The summed E-state index contributed by atoms with van der Waals surface area (Å²) in [4.78, 5) is 15.3. The highest BCUT2D eigenvalue weighted by molar-refractivity contribution is 6.33. The van der Waals surface area contributed by atoms with Crippen LogP contribution >= 0.6 is 11.6 Å². The molecule has 1 atom stereocenters. The first-order valence-electron chi connectivity index (χ1n) is 9.32. The molecule has 0 unspecified atom stereocenters. The third-order valence-corrected chi connectivity index (χ3v) is 6.22. The summed E-state index contributed by atoms with van der Waals surface area (Å²) >= 11 is 6.30. The van der Waals surface area contributed by atoms with Crippen LogP contribution in [0.15, 0.2) is 42.5 Å². The molecule has 0 bridgehead atoms. The Morgan fingerprint density at radius 2 is 2.00 bits per heavy atom. The quantitative estimate of drug-likeness (QED) is 0.587. The van der Waals surface area contributed by atoms with Crippen molar-refractivity contribution >= 4 is 28.4 Å². The summed E-state index contributed by atoms with van der Waals surface area (Å²) in [5.74, 6) is 0.0566. The van der Waals surface area contributed by atoms with E-state index in [9.17, 15) is 4.79 Å². The van der Waals surface area contributed by atoms with E-state index in [2.05, 4.69) is 29.7 Å². The second-order valence-corrected chi connectivity index (χ2v) is 7.83. The van der Waals surface area contributed by atoms with Gasteiger partial charge in [-0.25, -0.2) is 0 Å². The fourth-order valence-electron chi connectivity index (χ4n) is 4.75. The van der Waals surface area contributed by atoms with Gasteiger partial charge >= 0.3 is 0 Å². The second-order valence-electron chi connectivity index (χ2n) is 7.42. The van der Waals surface area contributed by atoms with Crippen LogP contribution < -0.4 is 0 Å². The van der Waals surface area contributed by atoms with E-state index in [-0.39, 0.29) is 11.9 Å². The third-order valence-electron chi connectivity index (χ3n) is 5.89. The lowest BCUT2D eigenvalue weighted by Crippen LogP contribution is -2.43. The number of nitrogens with zero attached hydrogens (tertiary/aromatic N) is 2. The van der Waals surface area contributed by atoms with Crippen molar-refractivity contribution in [3.05, 3.63) is 69.9 Å². The molecule has 2 aliphatic rings. The summed E-state index contributed by atoms with van der Waals surface area (Å²) < 4.78 is 2.45. The van der Waals surface area contributed by atoms with E-state index in [1.807, 2.05) is 23.1 Å². The minimum atomic E-state index is 0.0566. The number of benzene rings is 2. The summed E-state index contributed by atoms with van der Waals surface area (Å²) in [6, 6.07) is 14.3. The van der Waals surface area contributed by atoms with Gasteiger partial charge in [0.05, 0.1) is 16.6 Å². The first-order valence-corrected chi connectivity index (χ1v) is 9.70. The number of carbonyl (C=O) groups is 1. The van der Waals surface area contributed by atoms with Crippen molar-refractivity contribution in [2.24, 2.45) is 0 Å². The number of halogens is 1. The summed E-state index contributed by atoms with van der Waals surface area (Å²) in [7, 11) is 0. The number of hydrogen-bond acceptors (Lipinski definition) is 1. The van der Waals surface area contributed by atoms with E-state index in [0.717, 1.165) is 32.4 Å². The maximum atomic E-state index is 13.2. The van der Waals surface area contributed by atoms with Gasteiger partial charge < -0.3 is 9.47 Å². The average molecular weight is 365 g/mol. The number of rotatable bonds is 1. The molecule has 0 spiro atoms. The largest absolute Gasteiger partial charge is 0.341 e. The van der Waals surface area contributed by atoms with Crippen LogP contribution in [0.5, 0.6) is 0 Å². The zero-order valence-corrected chi connectivity index (χ0v) is 15.6. The maximum Gasteiger partial charge on any atom is 0.255 e. The normalized spacial score (nSPS) is 18.8. The van der Waals surface area contributed by atoms with Crippen LogP contribution in [-0.4, -0.2) is 21.9 Å². The van der Waals surface area contributed by atoms with Crippen LogP contribution in [0.4, 0.5) is 0 Å². The summed E-state index contributed by atoms with van der Waals surface area (Å²) in [6.45, 7) is 3.73. The summed E-state index contributed by atoms with van der Waals surface area (Å²) in [5, 5.41) is 1.91. The fraction of sp³-hybridized carbons (Fsp3) is 0.318. The zero-order valence-electron chi connectivity index (χ0n) is 14.8. The Morgan fingerprint density at radius 1 is 1.15 bits per heavy atom. The molecule has 3 nitrogen and oxygen atoms in total. The number of aromatic nitrogens is 1. The molecule has 1 aliphatic carbocycles. The van der Waals surface area contributed by atoms with Crippen LogP contribution in [0.1, 0.15) is 46.1 Å². The lowest BCUT2D eigenvalue weighted by molar-refractivity contribution is 0.0601. The highest BCUT2D eigenvalue weighted by Gasteiger charge is 2.37. The number of aryl methyl sites for hydroxylation is 2. The Morgan fingerprint density at radius 3 is 2.85 bits per heavy atom. The van der Waals surface area contributed by atoms with Gasteiger partial charge in [0, 0.05) is 29.7 Å². The van der Waals surface area contributed by atoms with Crippen LogP contribution in [0.3, 0.4) is 0 Å². The van der Waals surface area contributed by atoms with Crippen molar-refractivity contribution in [2.45, 2.75) is 38.8 Å². The van der Waals surface area contributed by atoms with Crippen LogP contribution in [0.25, 0.3) is 10.9 Å². The molecule has 1 aromatic heterocycles. The minimum absolute atomic E-state index is 0.0566. The molecule has 2 heterocycles. The van der Waals surface area contributed by atoms with Crippen molar-refractivity contribution in [3.8, 4) is 0 Å². The Balaban J connectivity index is 1.64. The van der Waals surface area contributed by atoms with Gasteiger partial charge in [0.25, 0.3) is 5.91 Å². The van der Waals surface area contributed by atoms with Crippen molar-refractivity contribution in [3.63, 3.8) is 0 Å². The molecule has 1 aliphatic heterocycles. The molecule has 2 aromatic carbocycles. The molecule has 0 saturated carbocycles. The molecule has 5 rings (SSSR count). The fourth-order valence-corrected chi connectivity index (χ4v) is 4.97. The van der Waals surface area contributed by atoms with Gasteiger partial charge in [-0.1, -0.05) is 35.4 Å². The molecule has 0 fully saturated rings. The second kappa shape index (κ2) is 5.88. The van der Waals surface area contributed by atoms with E-state index < -0.39 is 0 Å². The Labute approximate surface area is 158 Å². The van der Waals surface area contributed by atoms with Crippen molar-refractivity contribution in [2.75, 3.05) is 6.54 Å². The van der Waals surface area contributed by atoms with Gasteiger partial charge in [0.1, 0.15) is 0 Å². The van der Waals surface area contributed by atoms with E-state index in [4.69, 9.17) is 11.6 Å². The first-order chi connectivity index (χ1) is 12.6. The molecule has 1 amide bonds. The minimum Gasteiger partial charge on any atom is -0.341 e. The topological polar surface area (TPSA) is 25.2 Å². The summed E-state index contributed by atoms with van der Waals surface area (Å²) in [5.41, 5.74) is 6.02. The van der Waals surface area contributed by atoms with Crippen molar-refractivity contribution in [1.29, 1.82) is 0 Å². The Kier molecular flexibility index (Phi) is 3.61. The van der Waals surface area contributed by atoms with Crippen LogP contribution in [-0.2, 0) is 13.0 Å². The highest BCUT2D eigenvalue weighted by Crippen LogP contribution is 2.43. The number of amides is 1. The van der Waals surface area contributed by atoms with E-state index in [0.29, 0.717) is 10.6 Å². The molecule has 0 radical (unpaired) electrons. The first kappa shape index (κ1) is 16.0. The molecule has 3 aromatic rings. The molecule has 26 heavy (non-hydrogen) atoms. The standard InChI is InChI=1S/C22H21ClN2O/c1-14-9-10-19-17(13-14)15-6-4-8-20-21(15)24(19)11-12-25(20)22(26)16-5-2-3-7-18(16)23/h2-3,5,7,9-10,13,20H,4,6,8,11-12H2,1H3/t20-/m0/s1. The third kappa shape index (κ3) is 2.23. The molecule has 132 valence electrons. The SMILES string of the molecule is Cc1ccc2c(c1)c1c3n2CCN(C(=O)c2ccccc2Cl)[C@H]3CCC1. The van der Waals surface area contributed by atoms with E-state index in [1.54, 1.807) is 6.07 Å². The van der Waals surface area contributed by atoms with E-state index in [1.165, 1.54) is 27.7 Å². The molecule has 4 heteroatoms. The number of fused-ring (bicyclic) bond motifs is 3. The average Bonchev–Trinajstić information content (AvgIpc) is 2.97. The smallest absolute Gasteiger partial charge is 0.255 e. The number of hydrogen-bond donors (Lipinski definition) is 0. The Bertz CT molecular complexity index is 1040. The van der Waals surface area contributed by atoms with Crippen molar-refractivity contribution in [1.82, 2.24) is 9.47 Å². The molecular weight excluding hydrogens is 344 g/mol. The van der Waals surface area contributed by atoms with Crippen LogP contribution in [0, 0.1) is 6.92 Å². The molecule has 0 saturated heterocycles. The Hall–Kier alpha value is -2.26. The predicted molar refractivity (Wildman–Crippen MR) is 105 cm³/mol.